The molecule has 9 heteroatoms. The minimum atomic E-state index is -1.10. The third-order valence-electron chi connectivity index (χ3n) is 11.9. The second kappa shape index (κ2) is 8.76. The van der Waals surface area contributed by atoms with E-state index in [1.807, 2.05) is 6.92 Å². The van der Waals surface area contributed by atoms with Crippen LogP contribution in [0.1, 0.15) is 69.3 Å². The van der Waals surface area contributed by atoms with Crippen molar-refractivity contribution in [2.75, 3.05) is 0 Å². The monoisotopic (exact) mass is 535 g/mol. The Morgan fingerprint density at radius 3 is 2.74 bits per heavy atom. The average molecular weight is 535 g/mol. The van der Waals surface area contributed by atoms with Crippen LogP contribution in [0.4, 0.5) is 4.79 Å². The Hall–Kier alpha value is -2.49. The second-order valence-electron chi connectivity index (χ2n) is 13.3. The number of Topliss-reactive ketones (excluding diaryl/α,β-unsaturated/α-hetero) is 1. The van der Waals surface area contributed by atoms with Gasteiger partial charge in [0, 0.05) is 28.7 Å². The number of carbonyl (C=O) groups is 3. The number of benzene rings is 1. The molecule has 0 aromatic heterocycles. The summed E-state index contributed by atoms with van der Waals surface area (Å²) >= 11 is 0. The lowest BCUT2D eigenvalue weighted by Crippen LogP contribution is -2.78. The van der Waals surface area contributed by atoms with Gasteiger partial charge in [0.15, 0.2) is 0 Å². The Balaban J connectivity index is 1.32. The summed E-state index contributed by atoms with van der Waals surface area (Å²) < 4.78 is 11.3. The van der Waals surface area contributed by atoms with Gasteiger partial charge < -0.3 is 19.5 Å². The van der Waals surface area contributed by atoms with E-state index in [9.17, 15) is 24.5 Å². The molecule has 1 aliphatic heterocycles. The van der Waals surface area contributed by atoms with Gasteiger partial charge in [0.05, 0.1) is 12.7 Å². The number of carbonyl (C=O) groups excluding carboxylic acids is 3. The van der Waals surface area contributed by atoms with Crippen LogP contribution in [-0.4, -0.2) is 47.2 Å². The van der Waals surface area contributed by atoms with Gasteiger partial charge >= 0.3 is 13.2 Å². The first kappa shape index (κ1) is 26.7. The number of ether oxygens (including phenoxy) is 1. The van der Waals surface area contributed by atoms with E-state index in [2.05, 4.69) is 32.7 Å². The minimum Gasteiger partial charge on any atom is -0.445 e. The van der Waals surface area contributed by atoms with E-state index in [0.717, 1.165) is 18.4 Å². The summed E-state index contributed by atoms with van der Waals surface area (Å²) in [5.74, 6) is -0.0156. The van der Waals surface area contributed by atoms with Crippen LogP contribution in [0.5, 0.6) is 0 Å². The maximum atomic E-state index is 13.3. The number of rotatable bonds is 3. The van der Waals surface area contributed by atoms with E-state index in [0.29, 0.717) is 24.1 Å². The molecule has 2 amide bonds. The third-order valence-corrected chi connectivity index (χ3v) is 11.9. The van der Waals surface area contributed by atoms with Crippen LogP contribution in [0.25, 0.3) is 0 Å². The number of aliphatic hydroxyl groups is 1. The number of amides is 2. The van der Waals surface area contributed by atoms with Crippen molar-refractivity contribution in [2.45, 2.75) is 72.2 Å². The highest BCUT2D eigenvalue weighted by molar-refractivity contribution is 6.61. The van der Waals surface area contributed by atoms with Crippen molar-refractivity contribution < 1.29 is 33.9 Å². The smallest absolute Gasteiger partial charge is 0.445 e. The van der Waals surface area contributed by atoms with E-state index in [1.54, 1.807) is 18.2 Å². The number of hydrogen-bond donors (Lipinski definition) is 3. The fraction of sp³-hybridized carbons (Fsp3) is 0.633. The average Bonchev–Trinajstić information content (AvgIpc) is 3.28. The quantitative estimate of drug-likeness (QED) is 0.402. The molecule has 5 bridgehead atoms. The van der Waals surface area contributed by atoms with Gasteiger partial charge in [-0.15, -0.1) is 6.58 Å². The molecule has 5 fully saturated rings. The van der Waals surface area contributed by atoms with E-state index < -0.39 is 42.2 Å². The van der Waals surface area contributed by atoms with E-state index in [4.69, 9.17) is 9.39 Å². The van der Waals surface area contributed by atoms with Crippen molar-refractivity contribution in [1.29, 1.82) is 0 Å². The number of fused-ring (bicyclic) bond motifs is 2. The molecule has 1 unspecified atom stereocenters. The summed E-state index contributed by atoms with van der Waals surface area (Å²) in [7, 11) is -1.10. The lowest BCUT2D eigenvalue weighted by molar-refractivity contribution is -0.320. The molecule has 39 heavy (non-hydrogen) atoms. The van der Waals surface area contributed by atoms with Gasteiger partial charge in [-0.1, -0.05) is 39.8 Å². The Kier molecular flexibility index (Phi) is 6.00. The molecular formula is C30H38BNO7. The van der Waals surface area contributed by atoms with Crippen LogP contribution in [0, 0.1) is 45.8 Å². The van der Waals surface area contributed by atoms with Crippen LogP contribution < -0.4 is 10.8 Å². The number of alkyl carbamates (subject to hydrolysis) is 1. The zero-order chi connectivity index (χ0) is 28.1. The first-order valence-electron chi connectivity index (χ1n) is 14.2. The van der Waals surface area contributed by atoms with Gasteiger partial charge in [0.25, 0.3) is 5.91 Å². The molecule has 7 rings (SSSR count). The highest BCUT2D eigenvalue weighted by Gasteiger charge is 2.79. The van der Waals surface area contributed by atoms with Crippen molar-refractivity contribution in [3.05, 3.63) is 42.0 Å². The van der Waals surface area contributed by atoms with Crippen molar-refractivity contribution >= 4 is 30.4 Å². The SMILES string of the molecule is C=C[C@]1(C)C[C@@H](OC(=O)NC(=O)c2ccc3c(c2)B(O)OC3)[C@]2(C)[C@H](C)C[C@H]3C4C(=O)CC[C@@]3([C@@H](C)[C@@H]1O)[C@@H]42. The van der Waals surface area contributed by atoms with Crippen molar-refractivity contribution in [2.24, 2.45) is 45.8 Å². The summed E-state index contributed by atoms with van der Waals surface area (Å²) in [6, 6.07) is 4.81. The molecule has 10 atom stereocenters. The molecule has 1 aromatic carbocycles. The largest absolute Gasteiger partial charge is 0.491 e. The first-order valence-corrected chi connectivity index (χ1v) is 14.2. The molecule has 5 saturated carbocycles. The topological polar surface area (TPSA) is 122 Å². The summed E-state index contributed by atoms with van der Waals surface area (Å²) in [5.41, 5.74) is 0.0883. The third kappa shape index (κ3) is 3.45. The Bertz CT molecular complexity index is 1270. The van der Waals surface area contributed by atoms with Gasteiger partial charge in [-0.25, -0.2) is 4.79 Å². The van der Waals surface area contributed by atoms with Crippen LogP contribution in [0.2, 0.25) is 0 Å². The number of imide groups is 1. The molecule has 1 spiro atoms. The minimum absolute atomic E-state index is 0.00529. The van der Waals surface area contributed by atoms with Crippen LogP contribution in [0.15, 0.2) is 30.9 Å². The van der Waals surface area contributed by atoms with Gasteiger partial charge in [-0.3, -0.25) is 14.9 Å². The molecule has 8 nitrogen and oxygen atoms in total. The number of hydrogen-bond acceptors (Lipinski definition) is 7. The maximum absolute atomic E-state index is 13.3. The summed E-state index contributed by atoms with van der Waals surface area (Å²) in [5, 5.41) is 24.1. The molecule has 3 N–H and O–H groups in total. The zero-order valence-electron chi connectivity index (χ0n) is 23.1. The van der Waals surface area contributed by atoms with Crippen molar-refractivity contribution in [3.8, 4) is 0 Å². The normalized spacial score (nSPS) is 43.9. The Labute approximate surface area is 229 Å². The fourth-order valence-corrected chi connectivity index (χ4v) is 9.57. The highest BCUT2D eigenvalue weighted by Crippen LogP contribution is 2.79. The van der Waals surface area contributed by atoms with Crippen LogP contribution >= 0.6 is 0 Å². The lowest BCUT2D eigenvalue weighted by Gasteiger charge is -2.78. The van der Waals surface area contributed by atoms with Gasteiger partial charge in [-0.2, -0.15) is 0 Å². The molecule has 1 heterocycles. The first-order chi connectivity index (χ1) is 18.4. The molecule has 0 saturated heterocycles. The summed E-state index contributed by atoms with van der Waals surface area (Å²) in [6.07, 6.45) is 2.03. The van der Waals surface area contributed by atoms with Gasteiger partial charge in [0.1, 0.15) is 11.9 Å². The number of aliphatic hydroxyl groups excluding tert-OH is 1. The zero-order valence-corrected chi connectivity index (χ0v) is 23.1. The standard InChI is InChI=1S/C30H38BNO7/c1-6-28(4)13-22(39-27(36)32-26(35)17-7-8-18-14-38-31(37)20(18)12-17)29(5)15(2)11-19-23-21(33)9-10-30(19,24(23)29)16(3)25(28)34/h6-8,12,15-16,19,22-25,34,37H,1,9-11,13-14H2,2-5H3,(H,32,35,36)/t15-,16+,19+,22-,23?,24+,25+,28-,29+,30+/m1/s1. The Morgan fingerprint density at radius 2 is 2.03 bits per heavy atom. The molecule has 6 aliphatic rings. The summed E-state index contributed by atoms with van der Waals surface area (Å²) in [6.45, 7) is 12.7. The van der Waals surface area contributed by atoms with Gasteiger partial charge in [-0.05, 0) is 71.5 Å². The summed E-state index contributed by atoms with van der Waals surface area (Å²) in [4.78, 5) is 39.5. The highest BCUT2D eigenvalue weighted by atomic mass is 16.6. The molecule has 0 radical (unpaired) electrons. The van der Waals surface area contributed by atoms with E-state index in [-0.39, 0.29) is 47.2 Å². The van der Waals surface area contributed by atoms with E-state index in [1.165, 1.54) is 6.07 Å². The molecule has 1 aromatic rings. The predicted molar refractivity (Wildman–Crippen MR) is 144 cm³/mol. The van der Waals surface area contributed by atoms with Crippen LogP contribution in [-0.2, 0) is 20.8 Å². The molecular weight excluding hydrogens is 497 g/mol. The van der Waals surface area contributed by atoms with Crippen molar-refractivity contribution in [1.82, 2.24) is 5.32 Å². The lowest BCUT2D eigenvalue weighted by atomic mass is 9.25. The second-order valence-corrected chi connectivity index (χ2v) is 13.3. The van der Waals surface area contributed by atoms with E-state index >= 15 is 0 Å². The molecule has 5 aliphatic carbocycles. The van der Waals surface area contributed by atoms with Crippen LogP contribution in [0.3, 0.4) is 0 Å². The number of nitrogens with one attached hydrogen (secondary N) is 1. The van der Waals surface area contributed by atoms with Crippen molar-refractivity contribution in [3.63, 3.8) is 0 Å². The predicted octanol–water partition coefficient (Wildman–Crippen LogP) is 2.99. The fourth-order valence-electron chi connectivity index (χ4n) is 9.57. The number of ketones is 1. The maximum Gasteiger partial charge on any atom is 0.491 e. The molecule has 208 valence electrons. The Morgan fingerprint density at radius 1 is 1.28 bits per heavy atom. The van der Waals surface area contributed by atoms with Gasteiger partial charge in [0.2, 0.25) is 0 Å².